The molecular formula is C16H27N5S. The summed E-state index contributed by atoms with van der Waals surface area (Å²) in [5, 5.41) is 8.17. The van der Waals surface area contributed by atoms with Crippen molar-refractivity contribution >= 4 is 17.3 Å². The van der Waals surface area contributed by atoms with Crippen LogP contribution < -0.4 is 10.6 Å². The zero-order valence-corrected chi connectivity index (χ0v) is 14.8. The quantitative estimate of drug-likeness (QED) is 0.657. The highest BCUT2D eigenvalue weighted by molar-refractivity contribution is 7.11. The third-order valence-corrected chi connectivity index (χ3v) is 5.74. The van der Waals surface area contributed by atoms with Crippen LogP contribution in [0.3, 0.4) is 0 Å². The summed E-state index contributed by atoms with van der Waals surface area (Å²) in [6.45, 7) is 9.62. The molecule has 0 bridgehead atoms. The van der Waals surface area contributed by atoms with Gasteiger partial charge in [0, 0.05) is 37.1 Å². The predicted octanol–water partition coefficient (Wildman–Crippen LogP) is 1.91. The zero-order chi connectivity index (χ0) is 15.7. The van der Waals surface area contributed by atoms with Crippen molar-refractivity contribution in [1.82, 2.24) is 20.5 Å². The van der Waals surface area contributed by atoms with Crippen LogP contribution in [0.15, 0.2) is 4.99 Å². The van der Waals surface area contributed by atoms with E-state index in [-0.39, 0.29) is 0 Å². The maximum Gasteiger partial charge on any atom is 0.191 e. The summed E-state index contributed by atoms with van der Waals surface area (Å²) < 4.78 is 0. The van der Waals surface area contributed by atoms with Gasteiger partial charge >= 0.3 is 0 Å². The average molecular weight is 321 g/mol. The molecule has 1 aromatic rings. The minimum atomic E-state index is 0.496. The van der Waals surface area contributed by atoms with E-state index >= 15 is 0 Å². The number of hydrogen-bond donors (Lipinski definition) is 2. The van der Waals surface area contributed by atoms with Crippen LogP contribution in [0.1, 0.15) is 35.3 Å². The van der Waals surface area contributed by atoms with Crippen LogP contribution in [0.5, 0.6) is 0 Å². The fourth-order valence-corrected chi connectivity index (χ4v) is 4.08. The van der Waals surface area contributed by atoms with Crippen LogP contribution in [-0.2, 0) is 6.54 Å². The first-order valence-electron chi connectivity index (χ1n) is 8.21. The molecule has 0 spiro atoms. The molecule has 0 amide bonds. The minimum absolute atomic E-state index is 0.496. The van der Waals surface area contributed by atoms with Crippen molar-refractivity contribution in [2.75, 3.05) is 20.1 Å². The second-order valence-corrected chi connectivity index (χ2v) is 7.87. The van der Waals surface area contributed by atoms with Crippen molar-refractivity contribution < 1.29 is 0 Å². The van der Waals surface area contributed by atoms with Gasteiger partial charge in [0.15, 0.2) is 5.96 Å². The number of aliphatic imine (C=N–C) groups is 1. The van der Waals surface area contributed by atoms with Crippen LogP contribution in [0, 0.1) is 19.8 Å². The highest BCUT2D eigenvalue weighted by atomic mass is 32.1. The standard InChI is InChI=1S/C16H27N5S/c1-10-8-21(13-5-6-13)9-14(10)20-16(17-4)18-7-15-11(2)19-12(3)22-15/h10,13-14H,5-9H2,1-4H3,(H2,17,18,20). The van der Waals surface area contributed by atoms with E-state index in [1.54, 1.807) is 11.3 Å². The van der Waals surface area contributed by atoms with Crippen LogP contribution in [0.2, 0.25) is 0 Å². The van der Waals surface area contributed by atoms with Gasteiger partial charge in [0.2, 0.25) is 0 Å². The number of rotatable bonds is 4. The maximum absolute atomic E-state index is 4.48. The number of hydrogen-bond acceptors (Lipinski definition) is 4. The molecule has 6 heteroatoms. The number of nitrogens with zero attached hydrogens (tertiary/aromatic N) is 3. The van der Waals surface area contributed by atoms with Crippen molar-refractivity contribution in [1.29, 1.82) is 0 Å². The van der Waals surface area contributed by atoms with Crippen LogP contribution in [0.4, 0.5) is 0 Å². The first-order chi connectivity index (χ1) is 10.6. The van der Waals surface area contributed by atoms with Crippen molar-refractivity contribution in [3.63, 3.8) is 0 Å². The van der Waals surface area contributed by atoms with Gasteiger partial charge in [-0.15, -0.1) is 11.3 Å². The molecule has 1 aromatic heterocycles. The van der Waals surface area contributed by atoms with Gasteiger partial charge in [-0.1, -0.05) is 6.92 Å². The fraction of sp³-hybridized carbons (Fsp3) is 0.750. The second-order valence-electron chi connectivity index (χ2n) is 6.58. The number of likely N-dealkylation sites (tertiary alicyclic amines) is 1. The van der Waals surface area contributed by atoms with Gasteiger partial charge < -0.3 is 10.6 Å². The van der Waals surface area contributed by atoms with Crippen LogP contribution in [-0.4, -0.2) is 48.1 Å². The Balaban J connectivity index is 1.52. The SMILES string of the molecule is CN=C(NCc1sc(C)nc1C)NC1CN(C2CC2)CC1C. The number of aromatic nitrogens is 1. The Morgan fingerprint density at radius 1 is 1.36 bits per heavy atom. The summed E-state index contributed by atoms with van der Waals surface area (Å²) >= 11 is 1.76. The highest BCUT2D eigenvalue weighted by Crippen LogP contribution is 2.31. The van der Waals surface area contributed by atoms with E-state index < -0.39 is 0 Å². The van der Waals surface area contributed by atoms with Gasteiger partial charge in [-0.05, 0) is 32.6 Å². The summed E-state index contributed by atoms with van der Waals surface area (Å²) in [5.74, 6) is 1.58. The molecule has 22 heavy (non-hydrogen) atoms. The Bertz CT molecular complexity index is 549. The van der Waals surface area contributed by atoms with E-state index in [0.29, 0.717) is 12.0 Å². The number of aryl methyl sites for hydroxylation is 2. The van der Waals surface area contributed by atoms with Crippen molar-refractivity contribution in [2.24, 2.45) is 10.9 Å². The van der Waals surface area contributed by atoms with Crippen LogP contribution in [0.25, 0.3) is 0 Å². The molecule has 2 heterocycles. The Kier molecular flexibility index (Phi) is 4.68. The molecule has 1 aliphatic heterocycles. The summed E-state index contributed by atoms with van der Waals surface area (Å²) in [7, 11) is 1.85. The normalized spacial score (nSPS) is 26.5. The van der Waals surface area contributed by atoms with Crippen LogP contribution >= 0.6 is 11.3 Å². The molecule has 2 atom stereocenters. The zero-order valence-electron chi connectivity index (χ0n) is 14.0. The summed E-state index contributed by atoms with van der Waals surface area (Å²) in [6, 6.07) is 1.35. The van der Waals surface area contributed by atoms with E-state index in [0.717, 1.165) is 35.8 Å². The van der Waals surface area contributed by atoms with Gasteiger partial charge in [0.05, 0.1) is 17.2 Å². The number of guanidine groups is 1. The topological polar surface area (TPSA) is 52.6 Å². The molecule has 2 aliphatic rings. The lowest BCUT2D eigenvalue weighted by molar-refractivity contribution is 0.315. The molecule has 0 aromatic carbocycles. The molecule has 2 unspecified atom stereocenters. The fourth-order valence-electron chi connectivity index (χ4n) is 3.20. The van der Waals surface area contributed by atoms with Crippen molar-refractivity contribution in [3.05, 3.63) is 15.6 Å². The molecule has 3 rings (SSSR count). The molecule has 2 fully saturated rings. The Morgan fingerprint density at radius 2 is 2.14 bits per heavy atom. The lowest BCUT2D eigenvalue weighted by Crippen LogP contribution is -2.46. The number of nitrogens with one attached hydrogen (secondary N) is 2. The summed E-state index contributed by atoms with van der Waals surface area (Å²) in [6.07, 6.45) is 2.77. The van der Waals surface area contributed by atoms with E-state index in [1.807, 2.05) is 7.05 Å². The van der Waals surface area contributed by atoms with Gasteiger partial charge in [-0.3, -0.25) is 9.89 Å². The Morgan fingerprint density at radius 3 is 2.73 bits per heavy atom. The van der Waals surface area contributed by atoms with Gasteiger partial charge in [0.25, 0.3) is 0 Å². The van der Waals surface area contributed by atoms with E-state index in [2.05, 4.69) is 46.3 Å². The van der Waals surface area contributed by atoms with Gasteiger partial charge in [-0.25, -0.2) is 4.98 Å². The van der Waals surface area contributed by atoms with Crippen molar-refractivity contribution in [2.45, 2.75) is 52.2 Å². The van der Waals surface area contributed by atoms with E-state index in [9.17, 15) is 0 Å². The monoisotopic (exact) mass is 321 g/mol. The van der Waals surface area contributed by atoms with E-state index in [4.69, 9.17) is 0 Å². The maximum atomic E-state index is 4.48. The third-order valence-electron chi connectivity index (χ3n) is 4.67. The number of thiazole rings is 1. The molecule has 1 saturated carbocycles. The summed E-state index contributed by atoms with van der Waals surface area (Å²) in [4.78, 5) is 12.8. The molecule has 2 N–H and O–H groups in total. The first-order valence-corrected chi connectivity index (χ1v) is 9.02. The lowest BCUT2D eigenvalue weighted by Gasteiger charge is -2.20. The Hall–Kier alpha value is -1.14. The largest absolute Gasteiger partial charge is 0.352 e. The molecule has 5 nitrogen and oxygen atoms in total. The third kappa shape index (κ3) is 3.60. The Labute approximate surface area is 137 Å². The molecule has 0 radical (unpaired) electrons. The van der Waals surface area contributed by atoms with E-state index in [1.165, 1.54) is 24.3 Å². The predicted molar refractivity (Wildman–Crippen MR) is 92.5 cm³/mol. The van der Waals surface area contributed by atoms with Gasteiger partial charge in [-0.2, -0.15) is 0 Å². The molecule has 1 saturated heterocycles. The second kappa shape index (κ2) is 6.54. The highest BCUT2D eigenvalue weighted by Gasteiger charge is 2.38. The summed E-state index contributed by atoms with van der Waals surface area (Å²) in [5.41, 5.74) is 1.12. The van der Waals surface area contributed by atoms with Gasteiger partial charge in [0.1, 0.15) is 0 Å². The smallest absolute Gasteiger partial charge is 0.191 e. The average Bonchev–Trinajstić information content (AvgIpc) is 3.19. The molecule has 1 aliphatic carbocycles. The minimum Gasteiger partial charge on any atom is -0.352 e. The molecular weight excluding hydrogens is 294 g/mol. The lowest BCUT2D eigenvalue weighted by atomic mass is 10.1. The molecule has 122 valence electrons. The first kappa shape index (κ1) is 15.7. The van der Waals surface area contributed by atoms with Crippen molar-refractivity contribution in [3.8, 4) is 0 Å².